The highest BCUT2D eigenvalue weighted by atomic mass is 32.2. The van der Waals surface area contributed by atoms with Gasteiger partial charge < -0.3 is 20.7 Å². The van der Waals surface area contributed by atoms with Gasteiger partial charge in [-0.1, -0.05) is 6.08 Å². The predicted octanol–water partition coefficient (Wildman–Crippen LogP) is 3.56. The minimum Gasteiger partial charge on any atom is -0.446 e. The largest absolute Gasteiger partial charge is 0.446 e. The summed E-state index contributed by atoms with van der Waals surface area (Å²) < 4.78 is 5.56. The van der Waals surface area contributed by atoms with E-state index in [0.29, 0.717) is 36.8 Å². The van der Waals surface area contributed by atoms with Crippen molar-refractivity contribution in [2.75, 3.05) is 29.9 Å². The predicted molar refractivity (Wildman–Crippen MR) is 128 cm³/mol. The molecule has 2 amide bonds. The van der Waals surface area contributed by atoms with Gasteiger partial charge in [0.15, 0.2) is 5.82 Å². The fraction of sp³-hybridized carbons (Fsp3) is 0.478. The number of anilines is 2. The molecule has 2 aromatic heterocycles. The van der Waals surface area contributed by atoms with Crippen LogP contribution in [-0.4, -0.2) is 57.9 Å². The molecule has 4 N–H and O–H groups in total. The molecule has 0 saturated heterocycles. The van der Waals surface area contributed by atoms with Crippen LogP contribution >= 0.6 is 11.8 Å². The Balaban J connectivity index is 1.44. The zero-order valence-electron chi connectivity index (χ0n) is 18.4. The fourth-order valence-electron chi connectivity index (χ4n) is 4.52. The Morgan fingerprint density at radius 1 is 1.06 bits per heavy atom. The number of allylic oxidation sites excluding steroid dienone is 1. The van der Waals surface area contributed by atoms with Crippen molar-refractivity contribution in [1.29, 1.82) is 0 Å². The third kappa shape index (κ3) is 5.32. The number of alkyl carbamates (subject to hydrolysis) is 1. The number of hydrogen-bond acceptors (Lipinski definition) is 7. The second-order valence-electron chi connectivity index (χ2n) is 8.59. The average molecular weight is 469 g/mol. The molecule has 4 heterocycles. The molecular weight excluding hydrogens is 440 g/mol. The van der Waals surface area contributed by atoms with E-state index in [4.69, 9.17) is 4.74 Å². The summed E-state index contributed by atoms with van der Waals surface area (Å²) in [4.78, 5) is 29.5. The standard InChI is InChI=1S/C23H28N6O3S/c30-22-19-11-16(14-4-8-33-9-5-14)12-20(26-19)27-21-13-18(28-29-21)15-2-3-17(10-15)32-23(31)25-7-1-6-24-22/h4,11-13,15,17H,1-3,5-10H2,(H,24,30)(H,25,31)(H2,26,27,28,29)/t15-,17+/m0/s1. The molecule has 33 heavy (non-hydrogen) atoms. The van der Waals surface area contributed by atoms with E-state index in [2.05, 4.69) is 37.2 Å². The van der Waals surface area contributed by atoms with Gasteiger partial charge in [0, 0.05) is 36.5 Å². The molecule has 0 unspecified atom stereocenters. The minimum atomic E-state index is -0.405. The first-order valence-corrected chi connectivity index (χ1v) is 12.6. The summed E-state index contributed by atoms with van der Waals surface area (Å²) in [6.07, 6.45) is 5.82. The van der Waals surface area contributed by atoms with E-state index < -0.39 is 6.09 Å². The summed E-state index contributed by atoms with van der Waals surface area (Å²) in [5.74, 6) is 3.31. The maximum atomic E-state index is 12.8. The topological polar surface area (TPSA) is 121 Å². The van der Waals surface area contributed by atoms with Crippen LogP contribution in [0.4, 0.5) is 16.4 Å². The van der Waals surface area contributed by atoms with Crippen LogP contribution in [0.2, 0.25) is 0 Å². The molecule has 1 fully saturated rings. The molecular formula is C23H28N6O3S. The number of thioether (sulfide) groups is 1. The van der Waals surface area contributed by atoms with Gasteiger partial charge in [-0.3, -0.25) is 9.89 Å². The number of pyridine rings is 1. The average Bonchev–Trinajstić information content (AvgIpc) is 3.48. The SMILES string of the molecule is O=C1NCCCNC(=O)c2cc(C3=CCSCC3)cc(n2)Nc2cc([nH]n2)[C@H]2CC[C@H](C2)O1. The van der Waals surface area contributed by atoms with Gasteiger partial charge in [-0.15, -0.1) is 0 Å². The highest BCUT2D eigenvalue weighted by Gasteiger charge is 2.30. The molecule has 10 heteroatoms. The number of H-pyrrole nitrogens is 1. The zero-order chi connectivity index (χ0) is 22.6. The number of aromatic amines is 1. The van der Waals surface area contributed by atoms with Crippen molar-refractivity contribution in [2.24, 2.45) is 0 Å². The number of nitrogens with one attached hydrogen (secondary N) is 4. The van der Waals surface area contributed by atoms with E-state index in [9.17, 15) is 9.59 Å². The molecule has 2 atom stereocenters. The summed E-state index contributed by atoms with van der Waals surface area (Å²) in [5.41, 5.74) is 3.60. The third-order valence-corrected chi connectivity index (χ3v) is 7.15. The van der Waals surface area contributed by atoms with Crippen molar-refractivity contribution in [3.8, 4) is 0 Å². The third-order valence-electron chi connectivity index (χ3n) is 6.25. The van der Waals surface area contributed by atoms with E-state index in [0.717, 1.165) is 48.4 Å². The van der Waals surface area contributed by atoms with Crippen molar-refractivity contribution >= 4 is 41.0 Å². The van der Waals surface area contributed by atoms with Crippen LogP contribution in [0.25, 0.3) is 5.57 Å². The Bertz CT molecular complexity index is 1070. The van der Waals surface area contributed by atoms with Crippen molar-refractivity contribution < 1.29 is 14.3 Å². The summed E-state index contributed by atoms with van der Waals surface area (Å²) in [6, 6.07) is 5.81. The number of ether oxygens (including phenoxy) is 1. The van der Waals surface area contributed by atoms with Gasteiger partial charge in [0.2, 0.25) is 0 Å². The van der Waals surface area contributed by atoms with E-state index in [-0.39, 0.29) is 17.9 Å². The second-order valence-corrected chi connectivity index (χ2v) is 9.74. The van der Waals surface area contributed by atoms with Gasteiger partial charge in [-0.05, 0) is 61.1 Å². The quantitative estimate of drug-likeness (QED) is 0.505. The number of aromatic nitrogens is 3. The van der Waals surface area contributed by atoms with Crippen LogP contribution in [0.15, 0.2) is 24.3 Å². The Hall–Kier alpha value is -3.01. The Morgan fingerprint density at radius 3 is 2.85 bits per heavy atom. The van der Waals surface area contributed by atoms with Crippen LogP contribution in [-0.2, 0) is 4.74 Å². The molecule has 1 aliphatic carbocycles. The molecule has 9 nitrogen and oxygen atoms in total. The number of carbonyl (C=O) groups excluding carboxylic acids is 2. The minimum absolute atomic E-state index is 0.101. The maximum Gasteiger partial charge on any atom is 0.407 e. The van der Waals surface area contributed by atoms with Gasteiger partial charge in [0.1, 0.15) is 17.6 Å². The molecule has 3 aliphatic rings. The van der Waals surface area contributed by atoms with Gasteiger partial charge in [-0.25, -0.2) is 9.78 Å². The van der Waals surface area contributed by atoms with E-state index in [1.54, 1.807) is 0 Å². The van der Waals surface area contributed by atoms with Gasteiger partial charge in [-0.2, -0.15) is 16.9 Å². The number of carbonyl (C=O) groups is 2. The van der Waals surface area contributed by atoms with Crippen molar-refractivity contribution in [3.05, 3.63) is 41.2 Å². The first-order valence-electron chi connectivity index (χ1n) is 11.5. The zero-order valence-corrected chi connectivity index (χ0v) is 19.2. The Kier molecular flexibility index (Phi) is 6.52. The van der Waals surface area contributed by atoms with Crippen molar-refractivity contribution in [2.45, 2.75) is 44.1 Å². The highest BCUT2D eigenvalue weighted by molar-refractivity contribution is 7.99. The number of amides is 2. The van der Waals surface area contributed by atoms with Crippen molar-refractivity contribution in [1.82, 2.24) is 25.8 Å². The van der Waals surface area contributed by atoms with Gasteiger partial charge in [0.05, 0.1) is 0 Å². The lowest BCUT2D eigenvalue weighted by Crippen LogP contribution is -2.32. The van der Waals surface area contributed by atoms with Gasteiger partial charge in [0.25, 0.3) is 5.91 Å². The summed E-state index contributed by atoms with van der Waals surface area (Å²) >= 11 is 1.91. The summed E-state index contributed by atoms with van der Waals surface area (Å²) in [7, 11) is 0. The smallest absolute Gasteiger partial charge is 0.407 e. The monoisotopic (exact) mass is 468 g/mol. The summed E-state index contributed by atoms with van der Waals surface area (Å²) in [5, 5.41) is 16.5. The Morgan fingerprint density at radius 2 is 1.97 bits per heavy atom. The number of nitrogens with zero attached hydrogens (tertiary/aromatic N) is 2. The molecule has 1 saturated carbocycles. The molecule has 5 rings (SSSR count). The molecule has 2 aromatic rings. The van der Waals surface area contributed by atoms with Crippen LogP contribution in [0.1, 0.15) is 59.8 Å². The highest BCUT2D eigenvalue weighted by Crippen LogP contribution is 2.36. The molecule has 0 spiro atoms. The number of hydrogen-bond donors (Lipinski definition) is 4. The lowest BCUT2D eigenvalue weighted by molar-refractivity contribution is 0.0948. The van der Waals surface area contributed by atoms with Crippen LogP contribution in [0, 0.1) is 0 Å². The molecule has 6 bridgehead atoms. The lowest BCUT2D eigenvalue weighted by Gasteiger charge is -2.16. The van der Waals surface area contributed by atoms with Crippen LogP contribution < -0.4 is 16.0 Å². The number of fused-ring (bicyclic) bond motifs is 7. The molecule has 0 aromatic carbocycles. The molecule has 174 valence electrons. The van der Waals surface area contributed by atoms with Crippen LogP contribution in [0.5, 0.6) is 0 Å². The van der Waals surface area contributed by atoms with Gasteiger partial charge >= 0.3 is 6.09 Å². The van der Waals surface area contributed by atoms with E-state index in [1.807, 2.05) is 30.0 Å². The first-order chi connectivity index (χ1) is 16.1. The molecule has 0 radical (unpaired) electrons. The van der Waals surface area contributed by atoms with E-state index in [1.165, 1.54) is 5.57 Å². The summed E-state index contributed by atoms with van der Waals surface area (Å²) in [6.45, 7) is 0.866. The molecule has 2 aliphatic heterocycles. The van der Waals surface area contributed by atoms with E-state index >= 15 is 0 Å². The Labute approximate surface area is 196 Å². The van der Waals surface area contributed by atoms with Crippen LogP contribution in [0.3, 0.4) is 0 Å². The second kappa shape index (κ2) is 9.86. The maximum absolute atomic E-state index is 12.8. The normalized spacial score (nSPS) is 23.8. The fourth-order valence-corrected chi connectivity index (χ4v) is 5.37. The van der Waals surface area contributed by atoms with Crippen molar-refractivity contribution in [3.63, 3.8) is 0 Å². The first kappa shape index (κ1) is 21.8. The lowest BCUT2D eigenvalue weighted by atomic mass is 10.0. The number of rotatable bonds is 1.